The predicted molar refractivity (Wildman–Crippen MR) is 114 cm³/mol. The summed E-state index contributed by atoms with van der Waals surface area (Å²) in [5.74, 6) is -0.139. The van der Waals surface area contributed by atoms with Crippen LogP contribution in [0.4, 0.5) is 0 Å². The number of nitriles is 1. The number of carbonyl (C=O) groups excluding carboxylic acids is 2. The average Bonchev–Trinajstić information content (AvgIpc) is 2.80. The normalized spacial score (nSPS) is 20.6. The average molecular weight is 412 g/mol. The molecule has 6 nitrogen and oxygen atoms in total. The SMILES string of the molecule is C[C@@](C#N)(NC(=O)[C@@H](CC(=O)N1CCOCC1)CC1CCCCC1)c1ccccc1. The van der Waals surface area contributed by atoms with Crippen LogP contribution in [0.5, 0.6) is 0 Å². The van der Waals surface area contributed by atoms with Crippen LogP contribution >= 0.6 is 0 Å². The number of hydrogen-bond acceptors (Lipinski definition) is 4. The number of amides is 2. The lowest BCUT2D eigenvalue weighted by molar-refractivity contribution is -0.140. The molecule has 0 aromatic heterocycles. The minimum Gasteiger partial charge on any atom is -0.378 e. The third-order valence-electron chi connectivity index (χ3n) is 6.45. The second kappa shape index (κ2) is 10.6. The second-order valence-electron chi connectivity index (χ2n) is 8.73. The Hall–Kier alpha value is -2.39. The Morgan fingerprint density at radius 3 is 2.50 bits per heavy atom. The molecule has 3 rings (SSSR count). The van der Waals surface area contributed by atoms with Gasteiger partial charge in [0.05, 0.1) is 19.3 Å². The second-order valence-corrected chi connectivity index (χ2v) is 8.73. The highest BCUT2D eigenvalue weighted by atomic mass is 16.5. The summed E-state index contributed by atoms with van der Waals surface area (Å²) in [6, 6.07) is 11.6. The molecule has 0 unspecified atom stereocenters. The van der Waals surface area contributed by atoms with Gasteiger partial charge in [0.1, 0.15) is 5.54 Å². The lowest BCUT2D eigenvalue weighted by atomic mass is 9.81. The molecule has 1 aromatic carbocycles. The van der Waals surface area contributed by atoms with Crippen LogP contribution in [0.1, 0.15) is 57.4 Å². The number of nitrogens with zero attached hydrogens (tertiary/aromatic N) is 2. The van der Waals surface area contributed by atoms with Crippen molar-refractivity contribution in [1.29, 1.82) is 5.26 Å². The predicted octanol–water partition coefficient (Wildman–Crippen LogP) is 3.38. The molecule has 2 amide bonds. The third-order valence-corrected chi connectivity index (χ3v) is 6.45. The fraction of sp³-hybridized carbons (Fsp3) is 0.625. The van der Waals surface area contributed by atoms with Crippen molar-refractivity contribution in [1.82, 2.24) is 10.2 Å². The van der Waals surface area contributed by atoms with Gasteiger partial charge in [0, 0.05) is 25.4 Å². The first-order valence-electron chi connectivity index (χ1n) is 11.2. The van der Waals surface area contributed by atoms with E-state index in [0.29, 0.717) is 38.6 Å². The van der Waals surface area contributed by atoms with Crippen LogP contribution in [0.15, 0.2) is 30.3 Å². The van der Waals surface area contributed by atoms with E-state index in [2.05, 4.69) is 11.4 Å². The van der Waals surface area contributed by atoms with Gasteiger partial charge in [0.25, 0.3) is 0 Å². The van der Waals surface area contributed by atoms with Gasteiger partial charge in [-0.1, -0.05) is 62.4 Å². The molecule has 1 aromatic rings. The fourth-order valence-electron chi connectivity index (χ4n) is 4.55. The zero-order valence-corrected chi connectivity index (χ0v) is 17.9. The topological polar surface area (TPSA) is 82.4 Å². The lowest BCUT2D eigenvalue weighted by Gasteiger charge is -2.32. The Balaban J connectivity index is 1.72. The van der Waals surface area contributed by atoms with Crippen molar-refractivity contribution in [2.24, 2.45) is 11.8 Å². The van der Waals surface area contributed by atoms with E-state index in [9.17, 15) is 14.9 Å². The molecule has 1 heterocycles. The molecule has 6 heteroatoms. The summed E-state index contributed by atoms with van der Waals surface area (Å²) in [6.07, 6.45) is 6.76. The van der Waals surface area contributed by atoms with E-state index in [1.807, 2.05) is 30.3 Å². The molecule has 2 aliphatic rings. The molecule has 30 heavy (non-hydrogen) atoms. The standard InChI is InChI=1S/C24H33N3O3/c1-24(18-25,21-10-6-3-7-11-21)26-23(29)20(16-19-8-4-2-5-9-19)17-22(28)27-12-14-30-15-13-27/h3,6-7,10-11,19-20H,2,4-5,8-9,12-17H2,1H3,(H,26,29)/t20-,24+/m1/s1. The number of nitrogens with one attached hydrogen (secondary N) is 1. The van der Waals surface area contributed by atoms with Crippen LogP contribution in [-0.4, -0.2) is 43.0 Å². The first kappa shape index (κ1) is 22.3. The van der Waals surface area contributed by atoms with Gasteiger partial charge >= 0.3 is 0 Å². The van der Waals surface area contributed by atoms with Crippen LogP contribution in [0.2, 0.25) is 0 Å². The molecular formula is C24H33N3O3. The van der Waals surface area contributed by atoms with Gasteiger partial charge < -0.3 is 15.0 Å². The van der Waals surface area contributed by atoms with Gasteiger partial charge in [-0.25, -0.2) is 0 Å². The van der Waals surface area contributed by atoms with E-state index >= 15 is 0 Å². The van der Waals surface area contributed by atoms with E-state index < -0.39 is 11.5 Å². The molecule has 1 aliphatic carbocycles. The monoisotopic (exact) mass is 411 g/mol. The number of rotatable bonds is 7. The van der Waals surface area contributed by atoms with Crippen LogP contribution in [-0.2, 0) is 19.9 Å². The maximum Gasteiger partial charge on any atom is 0.225 e. The number of carbonyl (C=O) groups is 2. The number of ether oxygens (including phenoxy) is 1. The highest BCUT2D eigenvalue weighted by Crippen LogP contribution is 2.31. The van der Waals surface area contributed by atoms with Crippen molar-refractivity contribution >= 4 is 11.8 Å². The summed E-state index contributed by atoms with van der Waals surface area (Å²) in [6.45, 7) is 3.98. The Morgan fingerprint density at radius 1 is 1.20 bits per heavy atom. The van der Waals surface area contributed by atoms with E-state index in [0.717, 1.165) is 18.4 Å². The molecule has 1 saturated carbocycles. The largest absolute Gasteiger partial charge is 0.378 e. The third kappa shape index (κ3) is 5.82. The van der Waals surface area contributed by atoms with Crippen LogP contribution < -0.4 is 5.32 Å². The minimum atomic E-state index is -1.12. The molecule has 1 N–H and O–H groups in total. The van der Waals surface area contributed by atoms with Gasteiger partial charge in [0.15, 0.2) is 0 Å². The molecule has 1 saturated heterocycles. The zero-order chi connectivity index (χ0) is 21.4. The van der Waals surface area contributed by atoms with Crippen molar-refractivity contribution in [3.05, 3.63) is 35.9 Å². The fourth-order valence-corrected chi connectivity index (χ4v) is 4.55. The van der Waals surface area contributed by atoms with Crippen LogP contribution in [0.3, 0.4) is 0 Å². The molecule has 0 radical (unpaired) electrons. The van der Waals surface area contributed by atoms with Gasteiger partial charge in [-0.05, 0) is 24.8 Å². The molecule has 0 bridgehead atoms. The van der Waals surface area contributed by atoms with Crippen LogP contribution in [0.25, 0.3) is 0 Å². The summed E-state index contributed by atoms with van der Waals surface area (Å²) in [7, 11) is 0. The van der Waals surface area contributed by atoms with Crippen molar-refractivity contribution in [3.8, 4) is 6.07 Å². The highest BCUT2D eigenvalue weighted by Gasteiger charge is 2.34. The van der Waals surface area contributed by atoms with E-state index in [1.165, 1.54) is 19.3 Å². The van der Waals surface area contributed by atoms with E-state index in [-0.39, 0.29) is 18.2 Å². The highest BCUT2D eigenvalue weighted by molar-refractivity contribution is 5.86. The summed E-state index contributed by atoms with van der Waals surface area (Å²) < 4.78 is 5.34. The summed E-state index contributed by atoms with van der Waals surface area (Å²) in [4.78, 5) is 28.0. The lowest BCUT2D eigenvalue weighted by Crippen LogP contribution is -2.47. The van der Waals surface area contributed by atoms with E-state index in [4.69, 9.17) is 4.74 Å². The first-order chi connectivity index (χ1) is 14.5. The number of hydrogen-bond donors (Lipinski definition) is 1. The molecule has 162 valence electrons. The Kier molecular flexibility index (Phi) is 7.87. The smallest absolute Gasteiger partial charge is 0.225 e. The van der Waals surface area contributed by atoms with Gasteiger partial charge in [-0.3, -0.25) is 9.59 Å². The van der Waals surface area contributed by atoms with Crippen molar-refractivity contribution in [2.75, 3.05) is 26.3 Å². The molecule has 2 atom stereocenters. The summed E-state index contributed by atoms with van der Waals surface area (Å²) in [5, 5.41) is 12.8. The Bertz CT molecular complexity index is 749. The van der Waals surface area contributed by atoms with Crippen LogP contribution in [0, 0.1) is 23.2 Å². The van der Waals surface area contributed by atoms with E-state index in [1.54, 1.807) is 11.8 Å². The Labute approximate surface area is 179 Å². The first-order valence-corrected chi connectivity index (χ1v) is 11.2. The van der Waals surface area contributed by atoms with Crippen molar-refractivity contribution in [3.63, 3.8) is 0 Å². The van der Waals surface area contributed by atoms with Crippen molar-refractivity contribution in [2.45, 2.75) is 57.4 Å². The molecule has 2 fully saturated rings. The Morgan fingerprint density at radius 2 is 1.87 bits per heavy atom. The quantitative estimate of drug-likeness (QED) is 0.746. The minimum absolute atomic E-state index is 0.00707. The molecular weight excluding hydrogens is 378 g/mol. The molecule has 0 spiro atoms. The van der Waals surface area contributed by atoms with Gasteiger partial charge in [-0.2, -0.15) is 5.26 Å². The number of benzene rings is 1. The van der Waals surface area contributed by atoms with Crippen molar-refractivity contribution < 1.29 is 14.3 Å². The maximum atomic E-state index is 13.3. The summed E-state index contributed by atoms with van der Waals surface area (Å²) in [5.41, 5.74) is -0.373. The zero-order valence-electron chi connectivity index (χ0n) is 17.9. The molecule has 1 aliphatic heterocycles. The number of morpholine rings is 1. The van der Waals surface area contributed by atoms with Gasteiger partial charge in [-0.15, -0.1) is 0 Å². The maximum absolute atomic E-state index is 13.3. The van der Waals surface area contributed by atoms with Gasteiger partial charge in [0.2, 0.25) is 11.8 Å². The summed E-state index contributed by atoms with van der Waals surface area (Å²) >= 11 is 0.